The van der Waals surface area contributed by atoms with Crippen LogP contribution in [0.3, 0.4) is 0 Å². The predicted octanol–water partition coefficient (Wildman–Crippen LogP) is 6.92. The minimum absolute atomic E-state index is 0.000827. The normalized spacial score (nSPS) is 17.7. The predicted molar refractivity (Wildman–Crippen MR) is 128 cm³/mol. The highest BCUT2D eigenvalue weighted by molar-refractivity contribution is 7.89. The number of piperazine rings is 1. The summed E-state index contributed by atoms with van der Waals surface area (Å²) < 4.78 is 67.4. The summed E-state index contributed by atoms with van der Waals surface area (Å²) in [7, 11) is -4.19. The van der Waals surface area contributed by atoms with E-state index >= 15 is 0 Å². The Labute approximate surface area is 210 Å². The second-order valence-corrected chi connectivity index (χ2v) is 11.0. The van der Waals surface area contributed by atoms with Crippen LogP contribution in [-0.2, 0) is 16.2 Å². The number of sulfonamides is 1. The first-order valence-electron chi connectivity index (χ1n) is 10.1. The van der Waals surface area contributed by atoms with Crippen molar-refractivity contribution in [1.29, 1.82) is 0 Å². The maximum Gasteiger partial charge on any atom is 0.416 e. The van der Waals surface area contributed by atoms with Gasteiger partial charge in [-0.3, -0.25) is 0 Å². The van der Waals surface area contributed by atoms with E-state index in [-0.39, 0.29) is 19.6 Å². The maximum atomic E-state index is 13.3. The lowest BCUT2D eigenvalue weighted by Crippen LogP contribution is -2.50. The van der Waals surface area contributed by atoms with E-state index in [1.165, 1.54) is 10.4 Å². The molecule has 0 amide bonds. The van der Waals surface area contributed by atoms with Crippen LogP contribution in [0.5, 0.6) is 0 Å². The molecule has 3 aromatic carbocycles. The molecule has 1 unspecified atom stereocenters. The smallest absolute Gasteiger partial charge is 0.361 e. The summed E-state index contributed by atoms with van der Waals surface area (Å²) in [4.78, 5) is 1.55. The van der Waals surface area contributed by atoms with Crippen molar-refractivity contribution in [1.82, 2.24) is 4.31 Å². The van der Waals surface area contributed by atoms with Gasteiger partial charge in [-0.05, 0) is 54.1 Å². The van der Waals surface area contributed by atoms with Crippen LogP contribution in [0, 0.1) is 0 Å². The van der Waals surface area contributed by atoms with Gasteiger partial charge < -0.3 is 4.90 Å². The molecule has 34 heavy (non-hydrogen) atoms. The number of benzene rings is 3. The molecule has 1 atom stereocenters. The van der Waals surface area contributed by atoms with Gasteiger partial charge in [0.15, 0.2) is 0 Å². The molecule has 0 N–H and O–H groups in total. The molecule has 3 aromatic rings. The zero-order valence-corrected chi connectivity index (χ0v) is 20.5. The minimum atomic E-state index is -4.65. The van der Waals surface area contributed by atoms with Crippen LogP contribution in [0.4, 0.5) is 18.9 Å². The van der Waals surface area contributed by atoms with Crippen LogP contribution in [0.15, 0.2) is 71.6 Å². The monoisotopic (exact) mass is 548 g/mol. The Balaban J connectivity index is 1.72. The van der Waals surface area contributed by atoms with E-state index in [0.717, 1.165) is 17.7 Å². The van der Waals surface area contributed by atoms with Crippen molar-refractivity contribution in [3.63, 3.8) is 0 Å². The molecule has 0 radical (unpaired) electrons. The Morgan fingerprint density at radius 3 is 2.18 bits per heavy atom. The van der Waals surface area contributed by atoms with Gasteiger partial charge in [-0.15, -0.1) is 0 Å². The highest BCUT2D eigenvalue weighted by atomic mass is 35.5. The lowest BCUT2D eigenvalue weighted by atomic mass is 10.0. The first kappa shape index (κ1) is 25.1. The Kier molecular flexibility index (Phi) is 7.09. The fraction of sp³-hybridized carbons (Fsp3) is 0.217. The fourth-order valence-corrected chi connectivity index (χ4v) is 6.06. The second kappa shape index (κ2) is 9.59. The number of rotatable bonds is 4. The highest BCUT2D eigenvalue weighted by Gasteiger charge is 2.37. The van der Waals surface area contributed by atoms with Crippen molar-refractivity contribution in [3.05, 3.63) is 92.9 Å². The number of alkyl halides is 3. The third kappa shape index (κ3) is 5.16. The van der Waals surface area contributed by atoms with Crippen LogP contribution >= 0.6 is 34.8 Å². The zero-order valence-electron chi connectivity index (χ0n) is 17.4. The van der Waals surface area contributed by atoms with Crippen LogP contribution in [0.2, 0.25) is 15.1 Å². The molecule has 0 spiro atoms. The van der Waals surface area contributed by atoms with E-state index in [9.17, 15) is 21.6 Å². The molecule has 0 aliphatic carbocycles. The van der Waals surface area contributed by atoms with Crippen molar-refractivity contribution in [2.75, 3.05) is 24.5 Å². The van der Waals surface area contributed by atoms with E-state index in [4.69, 9.17) is 34.8 Å². The lowest BCUT2D eigenvalue weighted by Gasteiger charge is -2.42. The van der Waals surface area contributed by atoms with Crippen LogP contribution in [0.25, 0.3) is 0 Å². The largest absolute Gasteiger partial charge is 0.416 e. The van der Waals surface area contributed by atoms with Crippen molar-refractivity contribution in [3.8, 4) is 0 Å². The molecule has 4 nitrogen and oxygen atoms in total. The number of nitrogens with zero attached hydrogens (tertiary/aromatic N) is 2. The molecule has 0 aromatic heterocycles. The first-order chi connectivity index (χ1) is 16.0. The Morgan fingerprint density at radius 1 is 0.853 bits per heavy atom. The molecule has 11 heteroatoms. The average molecular weight is 550 g/mol. The van der Waals surface area contributed by atoms with Gasteiger partial charge >= 0.3 is 6.18 Å². The van der Waals surface area contributed by atoms with Gasteiger partial charge in [-0.25, -0.2) is 8.42 Å². The molecule has 1 aliphatic rings. The molecular formula is C23H18Cl3F3N2O2S. The summed E-state index contributed by atoms with van der Waals surface area (Å²) in [5.74, 6) is 0. The maximum absolute atomic E-state index is 13.3. The fourth-order valence-electron chi connectivity index (χ4n) is 3.93. The second-order valence-electron chi connectivity index (χ2n) is 7.75. The summed E-state index contributed by atoms with van der Waals surface area (Å²) in [6.45, 7) is 0.313. The summed E-state index contributed by atoms with van der Waals surface area (Å²) >= 11 is 18.5. The molecule has 1 aliphatic heterocycles. The van der Waals surface area contributed by atoms with Crippen molar-refractivity contribution < 1.29 is 21.6 Å². The Bertz CT molecular complexity index is 1300. The number of anilines is 1. The zero-order chi connectivity index (χ0) is 24.7. The van der Waals surface area contributed by atoms with E-state index < -0.39 is 32.7 Å². The summed E-state index contributed by atoms with van der Waals surface area (Å²) in [5, 5.41) is 1.38. The third-order valence-electron chi connectivity index (χ3n) is 5.62. The van der Waals surface area contributed by atoms with Crippen molar-refractivity contribution in [2.24, 2.45) is 0 Å². The molecule has 1 heterocycles. The van der Waals surface area contributed by atoms with E-state index in [0.29, 0.717) is 26.8 Å². The van der Waals surface area contributed by atoms with Crippen molar-refractivity contribution >= 4 is 50.5 Å². The molecular weight excluding hydrogens is 532 g/mol. The van der Waals surface area contributed by atoms with Gasteiger partial charge in [0.1, 0.15) is 0 Å². The van der Waals surface area contributed by atoms with Crippen LogP contribution in [0.1, 0.15) is 17.2 Å². The number of halogens is 6. The minimum Gasteiger partial charge on any atom is -0.361 e. The summed E-state index contributed by atoms with van der Waals surface area (Å²) in [6, 6.07) is 15.3. The topological polar surface area (TPSA) is 40.6 Å². The van der Waals surface area contributed by atoms with Gasteiger partial charge in [0, 0.05) is 29.7 Å². The third-order valence-corrected chi connectivity index (χ3v) is 8.27. The Morgan fingerprint density at radius 2 is 1.53 bits per heavy atom. The number of hydrogen-bond donors (Lipinski definition) is 0. The van der Waals surface area contributed by atoms with Crippen molar-refractivity contribution in [2.45, 2.75) is 17.1 Å². The molecule has 4 rings (SSSR count). The van der Waals surface area contributed by atoms with Gasteiger partial charge in [-0.1, -0.05) is 53.0 Å². The van der Waals surface area contributed by atoms with Gasteiger partial charge in [0.2, 0.25) is 10.0 Å². The van der Waals surface area contributed by atoms with Gasteiger partial charge in [0.25, 0.3) is 0 Å². The molecule has 180 valence electrons. The SMILES string of the molecule is O=S(=O)(c1cccc(C(F)(F)F)c1)N1CCN(c2ccc(Cl)cc2Cl)C(c2ccc(Cl)cc2)C1. The molecule has 0 saturated carbocycles. The van der Waals surface area contributed by atoms with E-state index in [1.54, 1.807) is 42.5 Å². The highest BCUT2D eigenvalue weighted by Crippen LogP contribution is 2.38. The van der Waals surface area contributed by atoms with Crippen LogP contribution < -0.4 is 4.90 Å². The molecule has 1 fully saturated rings. The van der Waals surface area contributed by atoms with E-state index in [1.807, 2.05) is 4.90 Å². The summed E-state index contributed by atoms with van der Waals surface area (Å²) in [5.41, 5.74) is 0.427. The summed E-state index contributed by atoms with van der Waals surface area (Å²) in [6.07, 6.45) is -4.65. The van der Waals surface area contributed by atoms with Gasteiger partial charge in [-0.2, -0.15) is 17.5 Å². The Hall–Kier alpha value is -1.97. The quantitative estimate of drug-likeness (QED) is 0.355. The number of hydrogen-bond acceptors (Lipinski definition) is 3. The lowest BCUT2D eigenvalue weighted by molar-refractivity contribution is -0.137. The standard InChI is InChI=1S/C23H18Cl3F3N2O2S/c24-17-6-4-15(5-7-17)22-14-30(10-11-31(22)21-9-8-18(25)13-20(21)26)34(32,33)19-3-1-2-16(12-19)23(27,28)29/h1-9,12-13,22H,10-11,14H2. The molecule has 0 bridgehead atoms. The first-order valence-corrected chi connectivity index (χ1v) is 12.7. The molecule has 1 saturated heterocycles. The van der Waals surface area contributed by atoms with E-state index in [2.05, 4.69) is 0 Å². The van der Waals surface area contributed by atoms with Gasteiger partial charge in [0.05, 0.1) is 27.2 Å². The average Bonchev–Trinajstić information content (AvgIpc) is 2.79. The van der Waals surface area contributed by atoms with Crippen LogP contribution in [-0.4, -0.2) is 32.4 Å².